The van der Waals surface area contributed by atoms with Gasteiger partial charge in [0.25, 0.3) is 0 Å². The van der Waals surface area contributed by atoms with Gasteiger partial charge in [0.15, 0.2) is 0 Å². The normalized spacial score (nSPS) is 14.6. The summed E-state index contributed by atoms with van der Waals surface area (Å²) in [5.41, 5.74) is 0. The largest absolute Gasteiger partial charge is 0.472 e. The lowest BCUT2D eigenvalue weighted by atomic mass is 10.1. The molecule has 0 aliphatic rings. The molecule has 40 heavy (non-hydrogen) atoms. The van der Waals surface area contributed by atoms with E-state index in [-0.39, 0.29) is 32.1 Å². The van der Waals surface area contributed by atoms with Crippen LogP contribution in [-0.4, -0.2) is 54.3 Å². The predicted octanol–water partition coefficient (Wildman–Crippen LogP) is 6.25. The molecule has 0 aromatic heterocycles. The molecule has 0 spiro atoms. The van der Waals surface area contributed by atoms with Gasteiger partial charge in [0.2, 0.25) is 5.91 Å². The summed E-state index contributed by atoms with van der Waals surface area (Å²) < 4.78 is 25.9. The zero-order chi connectivity index (χ0) is 29.7. The number of aliphatic hydroxyl groups is 1. The summed E-state index contributed by atoms with van der Waals surface area (Å²) in [5, 5.41) is 12.2. The van der Waals surface area contributed by atoms with E-state index in [9.17, 15) is 24.2 Å². The van der Waals surface area contributed by atoms with Gasteiger partial charge in [-0.3, -0.25) is 18.6 Å². The Morgan fingerprint density at radius 2 is 1.38 bits per heavy atom. The Hall–Kier alpha value is -2.29. The lowest BCUT2D eigenvalue weighted by Crippen LogP contribution is -2.27. The van der Waals surface area contributed by atoms with E-state index in [2.05, 4.69) is 77.5 Å². The number of nitrogens with one attached hydrogen (secondary N) is 1. The van der Waals surface area contributed by atoms with Crippen molar-refractivity contribution in [2.75, 3.05) is 26.4 Å². The van der Waals surface area contributed by atoms with Gasteiger partial charge in [-0.25, -0.2) is 4.57 Å². The first-order valence-corrected chi connectivity index (χ1v) is 15.8. The van der Waals surface area contributed by atoms with Crippen LogP contribution in [-0.2, 0) is 27.9 Å². The second kappa shape index (κ2) is 26.9. The summed E-state index contributed by atoms with van der Waals surface area (Å²) in [6, 6.07) is 0. The minimum atomic E-state index is -4.39. The van der Waals surface area contributed by atoms with Crippen molar-refractivity contribution < 1.29 is 37.9 Å². The number of unbranched alkanes of at least 4 members (excludes halogenated alkanes) is 3. The van der Waals surface area contributed by atoms with Crippen molar-refractivity contribution in [3.8, 4) is 0 Å². The van der Waals surface area contributed by atoms with Gasteiger partial charge in [0.05, 0.1) is 13.2 Å². The number of esters is 1. The number of carbonyl (C=O) groups is 2. The molecule has 0 aromatic rings. The van der Waals surface area contributed by atoms with Crippen LogP contribution in [0, 0.1) is 0 Å². The Balaban J connectivity index is 3.67. The van der Waals surface area contributed by atoms with Crippen LogP contribution in [0.25, 0.3) is 0 Å². The van der Waals surface area contributed by atoms with E-state index < -0.39 is 26.5 Å². The molecule has 3 N–H and O–H groups in total. The Morgan fingerprint density at radius 3 is 1.95 bits per heavy atom. The molecule has 0 rings (SSSR count). The molecule has 0 saturated carbocycles. The summed E-state index contributed by atoms with van der Waals surface area (Å²) in [4.78, 5) is 32.5. The first-order chi connectivity index (χ1) is 19.3. The third-order valence-electron chi connectivity index (χ3n) is 5.27. The van der Waals surface area contributed by atoms with Crippen molar-refractivity contribution in [1.29, 1.82) is 0 Å². The molecule has 1 amide bonds. The fraction of sp³-hybridized carbons (Fsp3) is 0.600. The number of rotatable bonds is 25. The molecule has 0 aromatic carbocycles. The van der Waals surface area contributed by atoms with Crippen molar-refractivity contribution in [1.82, 2.24) is 5.32 Å². The predicted molar refractivity (Wildman–Crippen MR) is 160 cm³/mol. The molecule has 2 atom stereocenters. The zero-order valence-electron chi connectivity index (χ0n) is 24.2. The molecular formula is C30H50NO8P. The highest BCUT2D eigenvalue weighted by Gasteiger charge is 2.23. The van der Waals surface area contributed by atoms with Gasteiger partial charge in [-0.15, -0.1) is 0 Å². The second-order valence-electron chi connectivity index (χ2n) is 8.95. The number of allylic oxidation sites excluding steroid dienone is 10. The summed E-state index contributed by atoms with van der Waals surface area (Å²) in [7, 11) is -4.39. The lowest BCUT2D eigenvalue weighted by Gasteiger charge is -2.15. The number of ether oxygens (including phenoxy) is 1. The summed E-state index contributed by atoms with van der Waals surface area (Å²) in [6.45, 7) is 2.71. The van der Waals surface area contributed by atoms with E-state index >= 15 is 0 Å². The van der Waals surface area contributed by atoms with E-state index in [1.807, 2.05) is 0 Å². The van der Waals surface area contributed by atoms with Crippen LogP contribution in [0.1, 0.15) is 84.5 Å². The van der Waals surface area contributed by atoms with E-state index in [0.29, 0.717) is 6.42 Å². The smallest absolute Gasteiger partial charge is 0.463 e. The minimum Gasteiger partial charge on any atom is -0.463 e. The maximum absolute atomic E-state index is 11.9. The van der Waals surface area contributed by atoms with Crippen LogP contribution in [0.4, 0.5) is 0 Å². The van der Waals surface area contributed by atoms with Crippen LogP contribution in [0.3, 0.4) is 0 Å². The molecule has 9 nitrogen and oxygen atoms in total. The molecule has 0 aliphatic heterocycles. The number of carbonyl (C=O) groups excluding carboxylic acids is 2. The van der Waals surface area contributed by atoms with Crippen molar-refractivity contribution in [2.24, 2.45) is 0 Å². The van der Waals surface area contributed by atoms with Gasteiger partial charge in [0, 0.05) is 19.4 Å². The average molecular weight is 584 g/mol. The number of aliphatic hydroxyl groups excluding tert-OH is 1. The fourth-order valence-electron chi connectivity index (χ4n) is 3.09. The molecule has 0 heterocycles. The minimum absolute atomic E-state index is 0.0590. The Morgan fingerprint density at radius 1 is 0.800 bits per heavy atom. The van der Waals surface area contributed by atoms with Crippen LogP contribution in [0.5, 0.6) is 0 Å². The van der Waals surface area contributed by atoms with Crippen molar-refractivity contribution in [3.05, 3.63) is 60.8 Å². The molecule has 228 valence electrons. The number of hydrogen-bond donors (Lipinski definition) is 3. The monoisotopic (exact) mass is 583 g/mol. The van der Waals surface area contributed by atoms with E-state index in [4.69, 9.17) is 9.26 Å². The summed E-state index contributed by atoms with van der Waals surface area (Å²) in [5.74, 6) is -0.649. The van der Waals surface area contributed by atoms with Crippen molar-refractivity contribution in [3.63, 3.8) is 0 Å². The average Bonchev–Trinajstić information content (AvgIpc) is 2.94. The van der Waals surface area contributed by atoms with E-state index in [0.717, 1.165) is 57.8 Å². The Bertz CT molecular complexity index is 851. The first-order valence-electron chi connectivity index (χ1n) is 14.3. The number of phosphoric ester groups is 1. The molecule has 0 aliphatic carbocycles. The molecule has 0 saturated heterocycles. The molecule has 0 fully saturated rings. The fourth-order valence-corrected chi connectivity index (χ4v) is 3.85. The first kappa shape index (κ1) is 37.7. The van der Waals surface area contributed by atoms with Gasteiger partial charge >= 0.3 is 13.8 Å². The third kappa shape index (κ3) is 27.3. The number of hydrogen-bond acceptors (Lipinski definition) is 7. The van der Waals surface area contributed by atoms with Crippen molar-refractivity contribution in [2.45, 2.75) is 90.6 Å². The molecule has 0 bridgehead atoms. The molecular weight excluding hydrogens is 533 g/mol. The lowest BCUT2D eigenvalue weighted by molar-refractivity contribution is -0.146. The third-order valence-corrected chi connectivity index (χ3v) is 6.25. The second-order valence-corrected chi connectivity index (χ2v) is 10.4. The molecule has 0 radical (unpaired) electrons. The van der Waals surface area contributed by atoms with E-state index in [1.165, 1.54) is 0 Å². The molecule has 2 unspecified atom stereocenters. The Labute approximate surface area is 240 Å². The summed E-state index contributed by atoms with van der Waals surface area (Å²) in [6.07, 6.45) is 29.7. The maximum atomic E-state index is 11.9. The van der Waals surface area contributed by atoms with Gasteiger partial charge in [-0.1, -0.05) is 81.0 Å². The van der Waals surface area contributed by atoms with Gasteiger partial charge in [-0.2, -0.15) is 0 Å². The van der Waals surface area contributed by atoms with Crippen molar-refractivity contribution >= 4 is 19.7 Å². The van der Waals surface area contributed by atoms with E-state index in [1.54, 1.807) is 6.92 Å². The van der Waals surface area contributed by atoms with Gasteiger partial charge in [0.1, 0.15) is 12.7 Å². The van der Waals surface area contributed by atoms with Crippen LogP contribution in [0.2, 0.25) is 0 Å². The van der Waals surface area contributed by atoms with Crippen LogP contribution < -0.4 is 5.32 Å². The SMILES string of the molecule is CC/C=C\C/C=C\C/C=C\C/C=C\C/C=C\CCCCCC(=O)NCCOP(=O)(O)OCC(O)COC(=O)CC. The standard InChI is InChI=1S/C30H50NO8P/c1-3-5-6-7-8-9-10-11-12-13-14-15-16-17-18-19-20-21-22-23-29(33)31-24-25-38-40(35,36)39-27-28(32)26-37-30(34)4-2/h5-6,8-9,11-12,14-15,17-18,28,32H,3-4,7,10,13,16,19-27H2,1-2H3,(H,31,33)(H,35,36)/b6-5-,9-8-,12-11-,15-14-,18-17-. The van der Waals surface area contributed by atoms with Crippen LogP contribution in [0.15, 0.2) is 60.8 Å². The van der Waals surface area contributed by atoms with Crippen LogP contribution >= 0.6 is 7.82 Å². The quantitative estimate of drug-likeness (QED) is 0.0497. The van der Waals surface area contributed by atoms with Gasteiger partial charge in [-0.05, 0) is 51.4 Å². The molecule has 10 heteroatoms. The zero-order valence-corrected chi connectivity index (χ0v) is 25.1. The number of phosphoric acid groups is 1. The number of amides is 1. The topological polar surface area (TPSA) is 131 Å². The highest BCUT2D eigenvalue weighted by Crippen LogP contribution is 2.42. The highest BCUT2D eigenvalue weighted by atomic mass is 31.2. The van der Waals surface area contributed by atoms with Gasteiger partial charge < -0.3 is 20.1 Å². The highest BCUT2D eigenvalue weighted by molar-refractivity contribution is 7.47. The maximum Gasteiger partial charge on any atom is 0.472 e. The summed E-state index contributed by atoms with van der Waals surface area (Å²) >= 11 is 0. The Kier molecular flexibility index (Phi) is 25.4.